The number of thiocarbonyl (C=S) groups is 1. The van der Waals surface area contributed by atoms with Crippen molar-refractivity contribution in [3.63, 3.8) is 0 Å². The van der Waals surface area contributed by atoms with Crippen molar-refractivity contribution in [1.82, 2.24) is 10.2 Å². The zero-order chi connectivity index (χ0) is 21.0. The van der Waals surface area contributed by atoms with Crippen LogP contribution in [0.25, 0.3) is 0 Å². The van der Waals surface area contributed by atoms with E-state index < -0.39 is 0 Å². The molecule has 1 aromatic rings. The Labute approximate surface area is 170 Å². The second-order valence-electron chi connectivity index (χ2n) is 6.57. The summed E-state index contributed by atoms with van der Waals surface area (Å²) in [5, 5.41) is 7.08. The number of hydrogen-bond donors (Lipinski definition) is 2. The highest BCUT2D eigenvalue weighted by atomic mass is 32.1. The van der Waals surface area contributed by atoms with Gasteiger partial charge < -0.3 is 25.0 Å². The zero-order valence-corrected chi connectivity index (χ0v) is 19.0. The monoisotopic (exact) mass is 396 g/mol. The average Bonchev–Trinajstić information content (AvgIpc) is 2.62. The van der Waals surface area contributed by atoms with Gasteiger partial charge in [0.05, 0.1) is 20.6 Å². The van der Waals surface area contributed by atoms with Crippen LogP contribution in [-0.4, -0.2) is 56.2 Å². The molecule has 0 radical (unpaired) electrons. The fraction of sp³-hybridized carbons (Fsp3) is 0.600. The van der Waals surface area contributed by atoms with E-state index in [2.05, 4.69) is 41.3 Å². The van der Waals surface area contributed by atoms with E-state index in [1.807, 2.05) is 45.4 Å². The first-order valence-corrected chi connectivity index (χ1v) is 9.59. The molecule has 0 saturated heterocycles. The summed E-state index contributed by atoms with van der Waals surface area (Å²) in [5.41, 5.74) is 0.807. The summed E-state index contributed by atoms with van der Waals surface area (Å²) >= 11 is 5.42. The molecule has 0 aromatic heterocycles. The third-order valence-electron chi connectivity index (χ3n) is 4.07. The van der Waals surface area contributed by atoms with Crippen LogP contribution < -0.4 is 20.1 Å². The van der Waals surface area contributed by atoms with E-state index in [1.54, 1.807) is 21.3 Å². The Bertz CT molecular complexity index is 606. The zero-order valence-electron chi connectivity index (χ0n) is 18.2. The van der Waals surface area contributed by atoms with Crippen LogP contribution >= 0.6 is 12.2 Å². The minimum absolute atomic E-state index is 0.0368. The molecular formula is C20H36N4O2S. The van der Waals surface area contributed by atoms with Crippen molar-refractivity contribution in [3.8, 4) is 11.5 Å². The molecule has 1 atom stereocenters. The van der Waals surface area contributed by atoms with Crippen LogP contribution in [0.2, 0.25) is 0 Å². The number of aliphatic imine (C=N–C) groups is 1. The van der Waals surface area contributed by atoms with Crippen LogP contribution in [0.4, 0.5) is 5.69 Å². The van der Waals surface area contributed by atoms with Gasteiger partial charge in [-0.15, -0.1) is 0 Å². The molecular weight excluding hydrogens is 360 g/mol. The molecule has 0 aliphatic rings. The standard InChI is InChI=1S/C18H30N4O2S.C2H6/c1-13(11-18(2,3)22(5)12-19-4)20-17(25)21-14-8-9-15(23-6)16(10-14)24-7;1-2/h8-10,12-13H,11H2,1-7H3,(H2,20,21,25);1-2H3. The fourth-order valence-electron chi connectivity index (χ4n) is 2.58. The molecule has 0 aliphatic heterocycles. The maximum atomic E-state index is 5.42. The van der Waals surface area contributed by atoms with E-state index in [0.717, 1.165) is 12.1 Å². The summed E-state index contributed by atoms with van der Waals surface area (Å²) in [4.78, 5) is 6.18. The van der Waals surface area contributed by atoms with Gasteiger partial charge in [0.1, 0.15) is 0 Å². The highest BCUT2D eigenvalue weighted by Gasteiger charge is 2.24. The lowest BCUT2D eigenvalue weighted by atomic mass is 9.95. The smallest absolute Gasteiger partial charge is 0.170 e. The maximum Gasteiger partial charge on any atom is 0.170 e. The Balaban J connectivity index is 0.00000326. The molecule has 154 valence electrons. The average molecular weight is 397 g/mol. The third kappa shape index (κ3) is 8.47. The van der Waals surface area contributed by atoms with Crippen LogP contribution in [0.1, 0.15) is 41.0 Å². The van der Waals surface area contributed by atoms with Gasteiger partial charge in [-0.2, -0.15) is 0 Å². The van der Waals surface area contributed by atoms with Gasteiger partial charge in [-0.05, 0) is 51.5 Å². The SMILES string of the molecule is CC.CN=CN(C)C(C)(C)CC(C)NC(=S)Nc1ccc(OC)c(OC)c1. The van der Waals surface area contributed by atoms with Gasteiger partial charge in [0.2, 0.25) is 0 Å². The summed E-state index contributed by atoms with van der Waals surface area (Å²) in [6, 6.07) is 5.79. The highest BCUT2D eigenvalue weighted by molar-refractivity contribution is 7.80. The first-order valence-electron chi connectivity index (χ1n) is 9.18. The van der Waals surface area contributed by atoms with E-state index in [0.29, 0.717) is 16.6 Å². The molecule has 1 unspecified atom stereocenters. The van der Waals surface area contributed by atoms with Gasteiger partial charge in [-0.3, -0.25) is 4.99 Å². The lowest BCUT2D eigenvalue weighted by molar-refractivity contribution is 0.227. The van der Waals surface area contributed by atoms with Crippen molar-refractivity contribution in [2.24, 2.45) is 4.99 Å². The summed E-state index contributed by atoms with van der Waals surface area (Å²) in [7, 11) is 7.02. The van der Waals surface area contributed by atoms with Crippen LogP contribution in [0, 0.1) is 0 Å². The van der Waals surface area contributed by atoms with E-state index in [-0.39, 0.29) is 11.6 Å². The van der Waals surface area contributed by atoms with Crippen molar-refractivity contribution in [1.29, 1.82) is 0 Å². The number of nitrogens with one attached hydrogen (secondary N) is 2. The molecule has 0 spiro atoms. The molecule has 7 heteroatoms. The predicted molar refractivity (Wildman–Crippen MR) is 121 cm³/mol. The van der Waals surface area contributed by atoms with Crippen molar-refractivity contribution < 1.29 is 9.47 Å². The Kier molecular flexibility index (Phi) is 11.5. The van der Waals surface area contributed by atoms with Crippen molar-refractivity contribution >= 4 is 29.4 Å². The second-order valence-corrected chi connectivity index (χ2v) is 6.98. The molecule has 0 bridgehead atoms. The summed E-state index contributed by atoms with van der Waals surface area (Å²) in [6.07, 6.45) is 2.75. The van der Waals surface area contributed by atoms with E-state index in [1.165, 1.54) is 0 Å². The second kappa shape index (κ2) is 12.4. The molecule has 0 heterocycles. The fourth-order valence-corrected chi connectivity index (χ4v) is 2.90. The van der Waals surface area contributed by atoms with Gasteiger partial charge in [0, 0.05) is 37.4 Å². The lowest BCUT2D eigenvalue weighted by Gasteiger charge is -2.36. The number of nitrogens with zero attached hydrogens (tertiary/aromatic N) is 2. The van der Waals surface area contributed by atoms with Crippen LogP contribution in [0.15, 0.2) is 23.2 Å². The molecule has 2 N–H and O–H groups in total. The van der Waals surface area contributed by atoms with Gasteiger partial charge in [-0.1, -0.05) is 13.8 Å². The first kappa shape index (κ1) is 25.0. The van der Waals surface area contributed by atoms with Gasteiger partial charge in [0.15, 0.2) is 16.6 Å². The normalized spacial score (nSPS) is 11.9. The van der Waals surface area contributed by atoms with E-state index in [4.69, 9.17) is 21.7 Å². The third-order valence-corrected chi connectivity index (χ3v) is 4.29. The molecule has 0 aliphatic carbocycles. The summed E-state index contributed by atoms with van der Waals surface area (Å²) < 4.78 is 10.5. The molecule has 0 saturated carbocycles. The molecule has 0 fully saturated rings. The number of benzene rings is 1. The lowest BCUT2D eigenvalue weighted by Crippen LogP contribution is -2.47. The van der Waals surface area contributed by atoms with E-state index in [9.17, 15) is 0 Å². The number of anilines is 1. The quantitative estimate of drug-likeness (QED) is 0.391. The molecule has 27 heavy (non-hydrogen) atoms. The van der Waals surface area contributed by atoms with Crippen molar-refractivity contribution in [2.75, 3.05) is 33.6 Å². The number of hydrogen-bond acceptors (Lipinski definition) is 4. The molecule has 1 aromatic carbocycles. The minimum atomic E-state index is -0.0368. The van der Waals surface area contributed by atoms with Crippen LogP contribution in [0.5, 0.6) is 11.5 Å². The minimum Gasteiger partial charge on any atom is -0.493 e. The van der Waals surface area contributed by atoms with Gasteiger partial charge in [0.25, 0.3) is 0 Å². The topological polar surface area (TPSA) is 58.1 Å². The Morgan fingerprint density at radius 2 is 1.85 bits per heavy atom. The number of ether oxygens (including phenoxy) is 2. The highest BCUT2D eigenvalue weighted by Crippen LogP contribution is 2.29. The molecule has 6 nitrogen and oxygen atoms in total. The first-order chi connectivity index (χ1) is 12.7. The Hall–Kier alpha value is -2.02. The predicted octanol–water partition coefficient (Wildman–Crippen LogP) is 4.16. The summed E-state index contributed by atoms with van der Waals surface area (Å²) in [5.74, 6) is 1.34. The number of methoxy groups -OCH3 is 2. The van der Waals surface area contributed by atoms with Crippen molar-refractivity contribution in [2.45, 2.75) is 52.6 Å². The van der Waals surface area contributed by atoms with Gasteiger partial charge >= 0.3 is 0 Å². The maximum absolute atomic E-state index is 5.42. The van der Waals surface area contributed by atoms with Crippen LogP contribution in [0.3, 0.4) is 0 Å². The van der Waals surface area contributed by atoms with Crippen molar-refractivity contribution in [3.05, 3.63) is 18.2 Å². The number of rotatable bonds is 8. The summed E-state index contributed by atoms with van der Waals surface area (Å²) in [6.45, 7) is 10.5. The molecule has 1 rings (SSSR count). The van der Waals surface area contributed by atoms with Crippen LogP contribution in [-0.2, 0) is 0 Å². The largest absolute Gasteiger partial charge is 0.493 e. The van der Waals surface area contributed by atoms with Gasteiger partial charge in [-0.25, -0.2) is 0 Å². The molecule has 0 amide bonds. The Morgan fingerprint density at radius 3 is 2.37 bits per heavy atom. The Morgan fingerprint density at radius 1 is 1.26 bits per heavy atom. The van der Waals surface area contributed by atoms with E-state index >= 15 is 0 Å².